The summed E-state index contributed by atoms with van der Waals surface area (Å²) >= 11 is 0. The van der Waals surface area contributed by atoms with Gasteiger partial charge in [-0.05, 0) is 24.8 Å². The molecule has 1 saturated heterocycles. The Labute approximate surface area is 120 Å². The molecule has 0 aliphatic carbocycles. The van der Waals surface area contributed by atoms with Crippen LogP contribution in [-0.4, -0.2) is 27.7 Å². The van der Waals surface area contributed by atoms with Gasteiger partial charge in [-0.25, -0.2) is 9.50 Å². The molecule has 0 unspecified atom stereocenters. The Morgan fingerprint density at radius 2 is 1.90 bits per heavy atom. The normalized spacial score (nSPS) is 17.9. The molecule has 1 aliphatic rings. The molecule has 2 aromatic rings. The van der Waals surface area contributed by atoms with Crippen LogP contribution in [0.25, 0.3) is 5.52 Å². The second kappa shape index (κ2) is 4.76. The lowest BCUT2D eigenvalue weighted by atomic mass is 9.92. The van der Waals surface area contributed by atoms with Crippen molar-refractivity contribution < 1.29 is 0 Å². The Morgan fingerprint density at radius 1 is 1.20 bits per heavy atom. The van der Waals surface area contributed by atoms with Gasteiger partial charge in [-0.15, -0.1) is 0 Å². The van der Waals surface area contributed by atoms with Gasteiger partial charge in [0.05, 0.1) is 5.69 Å². The third-order valence-electron chi connectivity index (χ3n) is 4.22. The van der Waals surface area contributed by atoms with Crippen LogP contribution < -0.4 is 4.90 Å². The first kappa shape index (κ1) is 13.4. The van der Waals surface area contributed by atoms with E-state index in [9.17, 15) is 0 Å². The summed E-state index contributed by atoms with van der Waals surface area (Å²) in [4.78, 5) is 7.02. The van der Waals surface area contributed by atoms with Gasteiger partial charge in [0.15, 0.2) is 5.82 Å². The maximum Gasteiger partial charge on any atom is 0.154 e. The van der Waals surface area contributed by atoms with E-state index in [-0.39, 0.29) is 5.41 Å². The van der Waals surface area contributed by atoms with Crippen molar-refractivity contribution in [3.05, 3.63) is 24.2 Å². The van der Waals surface area contributed by atoms with Crippen molar-refractivity contribution in [2.75, 3.05) is 18.0 Å². The Hall–Kier alpha value is -1.58. The number of hydrogen-bond donors (Lipinski definition) is 0. The number of fused-ring (bicyclic) bond motifs is 1. The van der Waals surface area contributed by atoms with E-state index in [4.69, 9.17) is 5.10 Å². The van der Waals surface area contributed by atoms with Gasteiger partial charge >= 0.3 is 0 Å². The van der Waals surface area contributed by atoms with E-state index in [0.717, 1.165) is 36.0 Å². The highest BCUT2D eigenvalue weighted by Gasteiger charge is 2.22. The van der Waals surface area contributed by atoms with E-state index in [1.807, 2.05) is 16.9 Å². The van der Waals surface area contributed by atoms with E-state index < -0.39 is 0 Å². The molecule has 4 nitrogen and oxygen atoms in total. The van der Waals surface area contributed by atoms with Crippen LogP contribution >= 0.6 is 0 Å². The topological polar surface area (TPSA) is 33.4 Å². The van der Waals surface area contributed by atoms with Gasteiger partial charge in [0.1, 0.15) is 5.52 Å². The molecule has 3 heterocycles. The predicted octanol–water partition coefficient (Wildman–Crippen LogP) is 3.26. The smallest absolute Gasteiger partial charge is 0.154 e. The Morgan fingerprint density at radius 3 is 2.55 bits per heavy atom. The fourth-order valence-electron chi connectivity index (χ4n) is 2.74. The third-order valence-corrected chi connectivity index (χ3v) is 4.22. The van der Waals surface area contributed by atoms with Gasteiger partial charge in [-0.2, -0.15) is 5.10 Å². The summed E-state index contributed by atoms with van der Waals surface area (Å²) < 4.78 is 1.97. The number of nitrogens with zero attached hydrogens (tertiary/aromatic N) is 4. The summed E-state index contributed by atoms with van der Waals surface area (Å²) in [5, 5.41) is 4.70. The van der Waals surface area contributed by atoms with Crippen LogP contribution in [0.3, 0.4) is 0 Å². The largest absolute Gasteiger partial charge is 0.355 e. The lowest BCUT2D eigenvalue weighted by Gasteiger charge is -2.31. The lowest BCUT2D eigenvalue weighted by Crippen LogP contribution is -2.33. The summed E-state index contributed by atoms with van der Waals surface area (Å²) in [5.74, 6) is 1.92. The Balaban J connectivity index is 2.01. The van der Waals surface area contributed by atoms with Crippen molar-refractivity contribution in [3.63, 3.8) is 0 Å². The molecule has 3 rings (SSSR count). The van der Waals surface area contributed by atoms with E-state index in [0.29, 0.717) is 0 Å². The number of piperidine rings is 1. The number of anilines is 1. The molecule has 20 heavy (non-hydrogen) atoms. The first-order valence-corrected chi connectivity index (χ1v) is 7.55. The first-order valence-electron chi connectivity index (χ1n) is 7.55. The first-order chi connectivity index (χ1) is 9.45. The second-order valence-electron chi connectivity index (χ2n) is 7.03. The SMILES string of the molecule is CC1CCN(c2nccn3nc(C(C)(C)C)cc23)CC1. The zero-order chi connectivity index (χ0) is 14.3. The molecule has 0 spiro atoms. The fourth-order valence-corrected chi connectivity index (χ4v) is 2.74. The van der Waals surface area contributed by atoms with Gasteiger partial charge in [0.25, 0.3) is 0 Å². The minimum absolute atomic E-state index is 0.0691. The molecule has 2 aromatic heterocycles. The zero-order valence-electron chi connectivity index (χ0n) is 12.9. The minimum atomic E-state index is 0.0691. The molecule has 0 bridgehead atoms. The van der Waals surface area contributed by atoms with Crippen molar-refractivity contribution in [2.24, 2.45) is 5.92 Å². The molecule has 0 N–H and O–H groups in total. The molecule has 4 heteroatoms. The van der Waals surface area contributed by atoms with Crippen molar-refractivity contribution >= 4 is 11.3 Å². The molecule has 0 radical (unpaired) electrons. The van der Waals surface area contributed by atoms with E-state index >= 15 is 0 Å². The molecule has 108 valence electrons. The van der Waals surface area contributed by atoms with Crippen molar-refractivity contribution in [1.29, 1.82) is 0 Å². The van der Waals surface area contributed by atoms with Crippen LogP contribution in [0, 0.1) is 5.92 Å². The van der Waals surface area contributed by atoms with Crippen LogP contribution in [-0.2, 0) is 5.41 Å². The van der Waals surface area contributed by atoms with Gasteiger partial charge < -0.3 is 4.90 Å². The van der Waals surface area contributed by atoms with Crippen LogP contribution in [0.1, 0.15) is 46.2 Å². The summed E-state index contributed by atoms with van der Waals surface area (Å²) in [6.45, 7) is 11.1. The van der Waals surface area contributed by atoms with Gasteiger partial charge in [0, 0.05) is 30.9 Å². The van der Waals surface area contributed by atoms with E-state index in [1.54, 1.807) is 0 Å². The lowest BCUT2D eigenvalue weighted by molar-refractivity contribution is 0.437. The third kappa shape index (κ3) is 2.39. The Bertz CT molecular complexity index is 600. The fraction of sp³-hybridized carbons (Fsp3) is 0.625. The summed E-state index contributed by atoms with van der Waals surface area (Å²) in [5.41, 5.74) is 2.32. The molecular weight excluding hydrogens is 248 g/mol. The Kier molecular flexibility index (Phi) is 3.19. The van der Waals surface area contributed by atoms with Gasteiger partial charge in [-0.1, -0.05) is 27.7 Å². The van der Waals surface area contributed by atoms with Crippen LogP contribution in [0.2, 0.25) is 0 Å². The molecule has 1 aliphatic heterocycles. The molecular formula is C16H24N4. The number of hydrogen-bond acceptors (Lipinski definition) is 3. The van der Waals surface area contributed by atoms with Gasteiger partial charge in [0.2, 0.25) is 0 Å². The highest BCUT2D eigenvalue weighted by molar-refractivity contribution is 5.69. The maximum atomic E-state index is 4.70. The van der Waals surface area contributed by atoms with E-state index in [2.05, 4.69) is 43.6 Å². The molecule has 0 aromatic carbocycles. The summed E-state index contributed by atoms with van der Waals surface area (Å²) in [6.07, 6.45) is 6.31. The van der Waals surface area contributed by atoms with Crippen molar-refractivity contribution in [2.45, 2.75) is 46.0 Å². The molecule has 0 atom stereocenters. The summed E-state index contributed by atoms with van der Waals surface area (Å²) in [7, 11) is 0. The number of rotatable bonds is 1. The molecule has 0 amide bonds. The van der Waals surface area contributed by atoms with Crippen molar-refractivity contribution in [3.8, 4) is 0 Å². The number of aromatic nitrogens is 3. The average molecular weight is 272 g/mol. The highest BCUT2D eigenvalue weighted by atomic mass is 15.3. The predicted molar refractivity (Wildman–Crippen MR) is 82.3 cm³/mol. The van der Waals surface area contributed by atoms with Crippen LogP contribution in [0.15, 0.2) is 18.5 Å². The molecule has 0 saturated carbocycles. The summed E-state index contributed by atoms with van der Waals surface area (Å²) in [6, 6.07) is 2.19. The monoisotopic (exact) mass is 272 g/mol. The average Bonchev–Trinajstić information content (AvgIpc) is 2.83. The molecule has 1 fully saturated rings. The zero-order valence-corrected chi connectivity index (χ0v) is 12.9. The minimum Gasteiger partial charge on any atom is -0.355 e. The van der Waals surface area contributed by atoms with Gasteiger partial charge in [-0.3, -0.25) is 0 Å². The highest BCUT2D eigenvalue weighted by Crippen LogP contribution is 2.28. The van der Waals surface area contributed by atoms with E-state index in [1.165, 1.54) is 12.8 Å². The quantitative estimate of drug-likeness (QED) is 0.799. The van der Waals surface area contributed by atoms with Crippen molar-refractivity contribution in [1.82, 2.24) is 14.6 Å². The standard InChI is InChI=1S/C16H24N4/c1-12-5-8-19(9-6-12)15-13-11-14(16(2,3)4)18-20(13)10-7-17-15/h7,10-12H,5-6,8-9H2,1-4H3. The van der Waals surface area contributed by atoms with Crippen LogP contribution in [0.4, 0.5) is 5.82 Å². The second-order valence-corrected chi connectivity index (χ2v) is 7.03. The van der Waals surface area contributed by atoms with Crippen LogP contribution in [0.5, 0.6) is 0 Å². The maximum absolute atomic E-state index is 4.70.